The Balaban J connectivity index is 1.65. The number of hydrogen-bond acceptors (Lipinski definition) is 4. The summed E-state index contributed by atoms with van der Waals surface area (Å²) in [5, 5.41) is 13.5. The number of halogens is 3. The monoisotopic (exact) mass is 411 g/mol. The number of furan rings is 1. The van der Waals surface area contributed by atoms with E-state index < -0.39 is 5.91 Å². The minimum atomic E-state index is -0.529. The maximum Gasteiger partial charge on any atom is 0.291 e. The Labute approximate surface area is 164 Å². The van der Waals surface area contributed by atoms with Crippen molar-refractivity contribution in [3.63, 3.8) is 0 Å². The third-order valence-corrected chi connectivity index (χ3v) is 4.12. The second-order valence-electron chi connectivity index (χ2n) is 5.24. The van der Waals surface area contributed by atoms with Crippen LogP contribution in [0.2, 0.25) is 15.1 Å². The first-order chi connectivity index (χ1) is 12.4. The van der Waals surface area contributed by atoms with Gasteiger partial charge in [-0.3, -0.25) is 4.79 Å². The lowest BCUT2D eigenvalue weighted by Gasteiger charge is -2.07. The normalized spacial score (nSPS) is 10.6. The van der Waals surface area contributed by atoms with E-state index in [9.17, 15) is 9.90 Å². The molecule has 26 heavy (non-hydrogen) atoms. The van der Waals surface area contributed by atoms with E-state index in [-0.39, 0.29) is 23.8 Å². The van der Waals surface area contributed by atoms with Gasteiger partial charge in [-0.2, -0.15) is 0 Å². The molecule has 8 heteroatoms. The van der Waals surface area contributed by atoms with Crippen LogP contribution in [0.4, 0.5) is 5.69 Å². The standard InChI is InChI=1S/C18H12Cl3NO4/c19-10-2-5-16(13(21)7-10)25-9-12-3-6-17(26-12)18(24)22-14-8-11(20)1-4-15(14)23/h1-8,23H,9H2,(H,22,24). The molecule has 0 fully saturated rings. The molecule has 0 atom stereocenters. The zero-order valence-electron chi connectivity index (χ0n) is 13.1. The van der Waals surface area contributed by atoms with Gasteiger partial charge in [0.1, 0.15) is 23.9 Å². The zero-order valence-corrected chi connectivity index (χ0v) is 15.4. The summed E-state index contributed by atoms with van der Waals surface area (Å²) in [5.74, 6) is 0.303. The SMILES string of the molecule is O=C(Nc1cc(Cl)ccc1O)c1ccc(COc2ccc(Cl)cc2Cl)o1. The van der Waals surface area contributed by atoms with E-state index in [2.05, 4.69) is 5.32 Å². The van der Waals surface area contributed by atoms with Gasteiger partial charge in [-0.05, 0) is 48.5 Å². The van der Waals surface area contributed by atoms with Gasteiger partial charge in [0, 0.05) is 10.0 Å². The largest absolute Gasteiger partial charge is 0.506 e. The van der Waals surface area contributed by atoms with Crippen LogP contribution in [0, 0.1) is 0 Å². The molecule has 0 saturated carbocycles. The van der Waals surface area contributed by atoms with Crippen molar-refractivity contribution < 1.29 is 19.1 Å². The fraction of sp³-hybridized carbons (Fsp3) is 0.0556. The van der Waals surface area contributed by atoms with E-state index in [1.165, 1.54) is 24.3 Å². The molecule has 3 aromatic rings. The smallest absolute Gasteiger partial charge is 0.291 e. The van der Waals surface area contributed by atoms with Crippen molar-refractivity contribution in [2.45, 2.75) is 6.61 Å². The third-order valence-electron chi connectivity index (χ3n) is 3.36. The Morgan fingerprint density at radius 2 is 1.77 bits per heavy atom. The van der Waals surface area contributed by atoms with Gasteiger partial charge in [-0.15, -0.1) is 0 Å². The average molecular weight is 413 g/mol. The van der Waals surface area contributed by atoms with E-state index in [1.54, 1.807) is 24.3 Å². The molecule has 0 spiro atoms. The molecule has 0 unspecified atom stereocenters. The molecule has 0 aliphatic rings. The molecule has 0 saturated heterocycles. The van der Waals surface area contributed by atoms with E-state index in [4.69, 9.17) is 44.0 Å². The summed E-state index contributed by atoms with van der Waals surface area (Å²) in [5.41, 5.74) is 0.185. The molecule has 1 aromatic heterocycles. The molecule has 134 valence electrons. The van der Waals surface area contributed by atoms with E-state index >= 15 is 0 Å². The van der Waals surface area contributed by atoms with Crippen LogP contribution in [0.25, 0.3) is 0 Å². The number of carbonyl (C=O) groups excluding carboxylic acids is 1. The van der Waals surface area contributed by atoms with Crippen LogP contribution >= 0.6 is 34.8 Å². The summed E-state index contributed by atoms with van der Waals surface area (Å²) in [4.78, 5) is 12.2. The molecule has 2 aromatic carbocycles. The van der Waals surface area contributed by atoms with Crippen LogP contribution in [-0.2, 0) is 6.61 Å². The molecule has 1 heterocycles. The Morgan fingerprint density at radius 3 is 2.54 bits per heavy atom. The number of aromatic hydroxyl groups is 1. The highest BCUT2D eigenvalue weighted by molar-refractivity contribution is 6.35. The van der Waals surface area contributed by atoms with Crippen LogP contribution in [0.5, 0.6) is 11.5 Å². The molecular weight excluding hydrogens is 401 g/mol. The molecule has 0 aliphatic carbocycles. The quantitative estimate of drug-likeness (QED) is 0.521. The summed E-state index contributed by atoms with van der Waals surface area (Å²) in [7, 11) is 0. The predicted molar refractivity (Wildman–Crippen MR) is 101 cm³/mol. The van der Waals surface area contributed by atoms with Gasteiger partial charge in [0.05, 0.1) is 10.7 Å². The average Bonchev–Trinajstić information content (AvgIpc) is 3.06. The first-order valence-corrected chi connectivity index (χ1v) is 8.52. The lowest BCUT2D eigenvalue weighted by Crippen LogP contribution is -2.11. The van der Waals surface area contributed by atoms with Gasteiger partial charge < -0.3 is 19.6 Å². The van der Waals surface area contributed by atoms with Crippen LogP contribution in [0.15, 0.2) is 52.9 Å². The number of hydrogen-bond donors (Lipinski definition) is 2. The van der Waals surface area contributed by atoms with Gasteiger partial charge >= 0.3 is 0 Å². The van der Waals surface area contributed by atoms with Crippen LogP contribution in [-0.4, -0.2) is 11.0 Å². The number of amides is 1. The van der Waals surface area contributed by atoms with Crippen molar-refractivity contribution in [3.05, 3.63) is 75.1 Å². The van der Waals surface area contributed by atoms with Crippen molar-refractivity contribution >= 4 is 46.4 Å². The van der Waals surface area contributed by atoms with E-state index in [0.717, 1.165) is 0 Å². The number of benzene rings is 2. The lowest BCUT2D eigenvalue weighted by molar-refractivity contribution is 0.0992. The molecule has 0 aliphatic heterocycles. The Hall–Kier alpha value is -2.34. The Kier molecular flexibility index (Phi) is 5.61. The molecular formula is C18H12Cl3NO4. The first-order valence-electron chi connectivity index (χ1n) is 7.39. The highest BCUT2D eigenvalue weighted by Gasteiger charge is 2.14. The fourth-order valence-electron chi connectivity index (χ4n) is 2.11. The maximum atomic E-state index is 12.2. The minimum Gasteiger partial charge on any atom is -0.506 e. The van der Waals surface area contributed by atoms with Crippen LogP contribution < -0.4 is 10.1 Å². The second-order valence-corrected chi connectivity index (χ2v) is 6.53. The summed E-state index contributed by atoms with van der Waals surface area (Å²) < 4.78 is 11.0. The van der Waals surface area contributed by atoms with Gasteiger partial charge in [0.15, 0.2) is 5.76 Å². The zero-order chi connectivity index (χ0) is 18.7. The topological polar surface area (TPSA) is 71.7 Å². The number of anilines is 1. The summed E-state index contributed by atoms with van der Waals surface area (Å²) in [6.07, 6.45) is 0. The van der Waals surface area contributed by atoms with Gasteiger partial charge in [0.25, 0.3) is 5.91 Å². The van der Waals surface area contributed by atoms with Gasteiger partial charge in [0.2, 0.25) is 0 Å². The summed E-state index contributed by atoms with van der Waals surface area (Å²) in [6, 6.07) is 12.3. The molecule has 2 N–H and O–H groups in total. The molecule has 3 rings (SSSR count). The predicted octanol–water partition coefficient (Wildman–Crippen LogP) is 5.78. The molecule has 5 nitrogen and oxygen atoms in total. The molecule has 1 amide bonds. The number of carbonyl (C=O) groups is 1. The number of nitrogens with one attached hydrogen (secondary N) is 1. The number of rotatable bonds is 5. The third kappa shape index (κ3) is 4.43. The lowest BCUT2D eigenvalue weighted by atomic mass is 10.3. The second kappa shape index (κ2) is 7.91. The van der Waals surface area contributed by atoms with Crippen molar-refractivity contribution in [1.82, 2.24) is 0 Å². The summed E-state index contributed by atoms with van der Waals surface area (Å²) >= 11 is 17.7. The van der Waals surface area contributed by atoms with Gasteiger partial charge in [-0.1, -0.05) is 34.8 Å². The number of ether oxygens (including phenoxy) is 1. The first kappa shape index (κ1) is 18.5. The van der Waals surface area contributed by atoms with Crippen molar-refractivity contribution in [2.75, 3.05) is 5.32 Å². The van der Waals surface area contributed by atoms with Crippen molar-refractivity contribution in [1.29, 1.82) is 0 Å². The Morgan fingerprint density at radius 1 is 1.04 bits per heavy atom. The van der Waals surface area contributed by atoms with E-state index in [1.807, 2.05) is 0 Å². The van der Waals surface area contributed by atoms with Crippen molar-refractivity contribution in [2.24, 2.45) is 0 Å². The number of phenols is 1. The highest BCUT2D eigenvalue weighted by Crippen LogP contribution is 2.29. The highest BCUT2D eigenvalue weighted by atomic mass is 35.5. The Bertz CT molecular complexity index is 955. The van der Waals surface area contributed by atoms with Crippen molar-refractivity contribution in [3.8, 4) is 11.5 Å². The molecule has 0 bridgehead atoms. The van der Waals surface area contributed by atoms with Gasteiger partial charge in [-0.25, -0.2) is 0 Å². The number of phenolic OH excluding ortho intramolecular Hbond substituents is 1. The summed E-state index contributed by atoms with van der Waals surface area (Å²) in [6.45, 7) is 0.0804. The molecule has 0 radical (unpaired) electrons. The maximum absolute atomic E-state index is 12.2. The van der Waals surface area contributed by atoms with Crippen LogP contribution in [0.3, 0.4) is 0 Å². The fourth-order valence-corrected chi connectivity index (χ4v) is 2.75. The van der Waals surface area contributed by atoms with Crippen LogP contribution in [0.1, 0.15) is 16.3 Å². The minimum absolute atomic E-state index is 0.0604. The van der Waals surface area contributed by atoms with E-state index in [0.29, 0.717) is 26.6 Å².